The summed E-state index contributed by atoms with van der Waals surface area (Å²) < 4.78 is 72.3. The summed E-state index contributed by atoms with van der Waals surface area (Å²) in [5.74, 6) is -1.05. The summed E-state index contributed by atoms with van der Waals surface area (Å²) in [7, 11) is -4.81. The van der Waals surface area contributed by atoms with Crippen LogP contribution in [0.4, 0.5) is 13.2 Å². The highest BCUT2D eigenvalue weighted by Crippen LogP contribution is 2.34. The molecule has 0 radical (unpaired) electrons. The lowest BCUT2D eigenvalue weighted by Gasteiger charge is -2.15. The molecule has 168 valence electrons. The van der Waals surface area contributed by atoms with Crippen LogP contribution in [0.1, 0.15) is 27.0 Å². The number of carbonyl (C=O) groups is 1. The van der Waals surface area contributed by atoms with Gasteiger partial charge in [-0.25, -0.2) is 13.1 Å². The topological polar surface area (TPSA) is 72.5 Å². The molecule has 0 aliphatic rings. The Labute approximate surface area is 187 Å². The minimum Gasteiger partial charge on any atom is -0.488 e. The molecule has 0 heterocycles. The van der Waals surface area contributed by atoms with Crippen molar-refractivity contribution in [2.45, 2.75) is 24.6 Å². The predicted octanol–water partition coefficient (Wildman–Crippen LogP) is 5.36. The third-order valence-electron chi connectivity index (χ3n) is 4.37. The highest BCUT2D eigenvalue weighted by atomic mass is 35.5. The van der Waals surface area contributed by atoms with Crippen molar-refractivity contribution in [2.24, 2.45) is 0 Å². The highest BCUT2D eigenvalue weighted by molar-refractivity contribution is 7.90. The molecule has 32 heavy (non-hydrogen) atoms. The van der Waals surface area contributed by atoms with E-state index < -0.39 is 32.6 Å². The Morgan fingerprint density at radius 1 is 1.03 bits per heavy atom. The average molecular weight is 484 g/mol. The van der Waals surface area contributed by atoms with Gasteiger partial charge in [0, 0.05) is 5.02 Å². The first-order chi connectivity index (χ1) is 15.0. The van der Waals surface area contributed by atoms with E-state index in [2.05, 4.69) is 0 Å². The number of ether oxygens (including phenoxy) is 1. The first-order valence-electron chi connectivity index (χ1n) is 9.18. The molecule has 0 atom stereocenters. The molecule has 1 amide bonds. The molecule has 5 nitrogen and oxygen atoms in total. The van der Waals surface area contributed by atoms with Gasteiger partial charge in [-0.3, -0.25) is 4.79 Å². The number of carbonyl (C=O) groups excluding carboxylic acids is 1. The van der Waals surface area contributed by atoms with Gasteiger partial charge in [-0.1, -0.05) is 41.9 Å². The third kappa shape index (κ3) is 5.60. The largest absolute Gasteiger partial charge is 0.488 e. The van der Waals surface area contributed by atoms with E-state index in [4.69, 9.17) is 16.3 Å². The number of alkyl halides is 3. The van der Waals surface area contributed by atoms with Crippen LogP contribution in [0, 0.1) is 6.92 Å². The Bertz CT molecular complexity index is 1260. The zero-order chi connectivity index (χ0) is 23.5. The highest BCUT2D eigenvalue weighted by Gasteiger charge is 2.37. The Balaban J connectivity index is 1.88. The van der Waals surface area contributed by atoms with Crippen molar-refractivity contribution in [2.75, 3.05) is 0 Å². The molecule has 1 N–H and O–H groups in total. The molecule has 0 fully saturated rings. The van der Waals surface area contributed by atoms with E-state index in [0.29, 0.717) is 16.7 Å². The molecule has 0 spiro atoms. The summed E-state index contributed by atoms with van der Waals surface area (Å²) in [5.41, 5.74) is -0.0858. The molecule has 3 aromatic rings. The molecule has 0 unspecified atom stereocenters. The second kappa shape index (κ2) is 9.22. The fourth-order valence-corrected chi connectivity index (χ4v) is 4.30. The van der Waals surface area contributed by atoms with Crippen LogP contribution in [0.25, 0.3) is 0 Å². The van der Waals surface area contributed by atoms with Gasteiger partial charge in [0.15, 0.2) is 0 Å². The molecule has 3 aromatic carbocycles. The Morgan fingerprint density at radius 2 is 1.75 bits per heavy atom. The summed E-state index contributed by atoms with van der Waals surface area (Å²) in [6, 6.07) is 14.8. The smallest absolute Gasteiger partial charge is 0.417 e. The minimum absolute atomic E-state index is 0.0357. The molecule has 10 heteroatoms. The van der Waals surface area contributed by atoms with Gasteiger partial charge in [-0.2, -0.15) is 13.2 Å². The Kier molecular flexibility index (Phi) is 6.80. The summed E-state index contributed by atoms with van der Waals surface area (Å²) in [4.78, 5) is 11.7. The second-order valence-electron chi connectivity index (χ2n) is 6.85. The van der Waals surface area contributed by atoms with Crippen LogP contribution in [0.5, 0.6) is 5.75 Å². The van der Waals surface area contributed by atoms with Crippen molar-refractivity contribution in [3.8, 4) is 5.75 Å². The number of rotatable bonds is 6. The number of nitrogens with one attached hydrogen (secondary N) is 1. The van der Waals surface area contributed by atoms with Gasteiger partial charge in [0.25, 0.3) is 15.9 Å². The Hall–Kier alpha value is -3.04. The SMILES string of the molecule is Cc1ccc(C(=O)NS(=O)(=O)c2ccccc2C(F)(F)F)c(OCc2cccc(Cl)c2)c1. The van der Waals surface area contributed by atoms with Crippen LogP contribution in [0.2, 0.25) is 5.02 Å². The van der Waals surface area contributed by atoms with Crippen LogP contribution in [0.3, 0.4) is 0 Å². The van der Waals surface area contributed by atoms with E-state index in [1.807, 2.05) is 0 Å². The van der Waals surface area contributed by atoms with Crippen LogP contribution in [-0.2, 0) is 22.8 Å². The molecule has 0 aliphatic heterocycles. The van der Waals surface area contributed by atoms with Gasteiger partial charge in [0.2, 0.25) is 0 Å². The van der Waals surface area contributed by atoms with Crippen molar-refractivity contribution >= 4 is 27.5 Å². The second-order valence-corrected chi connectivity index (χ2v) is 8.93. The van der Waals surface area contributed by atoms with E-state index in [1.165, 1.54) is 12.1 Å². The van der Waals surface area contributed by atoms with Crippen molar-refractivity contribution in [3.63, 3.8) is 0 Å². The maximum Gasteiger partial charge on any atom is 0.417 e. The van der Waals surface area contributed by atoms with E-state index >= 15 is 0 Å². The molecule has 0 aliphatic carbocycles. The van der Waals surface area contributed by atoms with Gasteiger partial charge in [-0.05, 0) is 54.4 Å². The number of amides is 1. The van der Waals surface area contributed by atoms with Crippen LogP contribution in [0.15, 0.2) is 71.6 Å². The van der Waals surface area contributed by atoms with Crippen molar-refractivity contribution in [3.05, 3.63) is 94.0 Å². The standard InChI is InChI=1S/C22H17ClF3NO4S/c1-14-9-10-17(19(11-14)31-13-15-5-4-6-16(23)12-15)21(28)27-32(29,30)20-8-3-2-7-18(20)22(24,25)26/h2-12H,13H2,1H3,(H,27,28). The molecular weight excluding hydrogens is 467 g/mol. The van der Waals surface area contributed by atoms with Gasteiger partial charge < -0.3 is 4.74 Å². The van der Waals surface area contributed by atoms with E-state index in [1.54, 1.807) is 42.0 Å². The lowest BCUT2D eigenvalue weighted by atomic mass is 10.1. The lowest BCUT2D eigenvalue weighted by Crippen LogP contribution is -2.32. The fourth-order valence-electron chi connectivity index (χ4n) is 2.89. The lowest BCUT2D eigenvalue weighted by molar-refractivity contribution is -0.139. The van der Waals surface area contributed by atoms with Crippen LogP contribution in [-0.4, -0.2) is 14.3 Å². The molecule has 3 rings (SSSR count). The minimum atomic E-state index is -4.91. The number of benzene rings is 3. The molecule has 0 saturated carbocycles. The van der Waals surface area contributed by atoms with Crippen molar-refractivity contribution < 1.29 is 31.1 Å². The van der Waals surface area contributed by atoms with Crippen molar-refractivity contribution in [1.82, 2.24) is 4.72 Å². The number of hydrogen-bond donors (Lipinski definition) is 1. The van der Waals surface area contributed by atoms with Crippen LogP contribution >= 0.6 is 11.6 Å². The number of halogens is 4. The van der Waals surface area contributed by atoms with Gasteiger partial charge >= 0.3 is 6.18 Å². The van der Waals surface area contributed by atoms with Crippen molar-refractivity contribution in [1.29, 1.82) is 0 Å². The first-order valence-corrected chi connectivity index (χ1v) is 11.0. The number of aryl methyl sites for hydroxylation is 1. The summed E-state index contributed by atoms with van der Waals surface area (Å²) in [6.45, 7) is 1.78. The molecular formula is C22H17ClF3NO4S. The van der Waals surface area contributed by atoms with Gasteiger partial charge in [-0.15, -0.1) is 0 Å². The zero-order valence-corrected chi connectivity index (χ0v) is 18.2. The summed E-state index contributed by atoms with van der Waals surface area (Å²) in [5, 5.41) is 0.489. The molecule has 0 saturated heterocycles. The summed E-state index contributed by atoms with van der Waals surface area (Å²) in [6.07, 6.45) is -4.91. The molecule has 0 aromatic heterocycles. The molecule has 0 bridgehead atoms. The maximum absolute atomic E-state index is 13.2. The monoisotopic (exact) mass is 483 g/mol. The van der Waals surface area contributed by atoms with Gasteiger partial charge in [0.05, 0.1) is 16.0 Å². The van der Waals surface area contributed by atoms with E-state index in [-0.39, 0.29) is 17.9 Å². The van der Waals surface area contributed by atoms with E-state index in [0.717, 1.165) is 23.8 Å². The predicted molar refractivity (Wildman–Crippen MR) is 113 cm³/mol. The quantitative estimate of drug-likeness (QED) is 0.512. The summed E-state index contributed by atoms with van der Waals surface area (Å²) >= 11 is 5.94. The average Bonchev–Trinajstić information content (AvgIpc) is 2.71. The zero-order valence-electron chi connectivity index (χ0n) is 16.6. The fraction of sp³-hybridized carbons (Fsp3) is 0.136. The third-order valence-corrected chi connectivity index (χ3v) is 6.00. The number of hydrogen-bond acceptors (Lipinski definition) is 4. The van der Waals surface area contributed by atoms with E-state index in [9.17, 15) is 26.4 Å². The van der Waals surface area contributed by atoms with Gasteiger partial charge in [0.1, 0.15) is 12.4 Å². The number of sulfonamides is 1. The van der Waals surface area contributed by atoms with Crippen LogP contribution < -0.4 is 9.46 Å². The normalized spacial score (nSPS) is 11.8. The maximum atomic E-state index is 13.2. The Morgan fingerprint density at radius 3 is 2.44 bits per heavy atom. The first kappa shape index (κ1) is 23.6.